The Bertz CT molecular complexity index is 925. The molecule has 1 atom stereocenters. The Morgan fingerprint density at radius 1 is 1.10 bits per heavy atom. The molecule has 1 aromatic rings. The quantitative estimate of drug-likeness (QED) is 0.628. The number of rotatable bonds is 7. The van der Waals surface area contributed by atoms with Crippen LogP contribution in [0, 0.1) is 6.92 Å². The first kappa shape index (κ1) is 22.2. The molecule has 0 aliphatic carbocycles. The topological polar surface area (TPSA) is 113 Å². The van der Waals surface area contributed by atoms with Gasteiger partial charge in [0.2, 0.25) is 26.0 Å². The zero-order chi connectivity index (χ0) is 21.1. The predicted octanol–water partition coefficient (Wildman–Crippen LogP) is -0.0737. The molecule has 0 radical (unpaired) electrons. The monoisotopic (exact) mass is 445 g/mol. The molecule has 2 fully saturated rings. The molecule has 0 saturated carbocycles. The van der Waals surface area contributed by atoms with E-state index in [4.69, 9.17) is 4.74 Å². The van der Waals surface area contributed by atoms with Crippen molar-refractivity contribution in [1.29, 1.82) is 0 Å². The van der Waals surface area contributed by atoms with Gasteiger partial charge in [-0.05, 0) is 31.9 Å². The van der Waals surface area contributed by atoms with Crippen LogP contribution in [0.2, 0.25) is 0 Å². The largest absolute Gasteiger partial charge is 0.379 e. The average Bonchev–Trinajstić information content (AvgIpc) is 3.20. The third-order valence-corrected chi connectivity index (χ3v) is 8.95. The first-order valence-corrected chi connectivity index (χ1v) is 12.7. The number of hydrogen-bond acceptors (Lipinski definition) is 6. The van der Waals surface area contributed by atoms with E-state index in [0.717, 1.165) is 5.56 Å². The first-order chi connectivity index (χ1) is 13.7. The van der Waals surface area contributed by atoms with Crippen LogP contribution < -0.4 is 5.32 Å². The minimum atomic E-state index is -3.79. The van der Waals surface area contributed by atoms with Crippen molar-refractivity contribution in [2.24, 2.45) is 0 Å². The van der Waals surface area contributed by atoms with Gasteiger partial charge in [-0.1, -0.05) is 17.7 Å². The summed E-state index contributed by atoms with van der Waals surface area (Å²) in [7, 11) is -7.27. The Hall–Kier alpha value is -1.53. The van der Waals surface area contributed by atoms with Crippen molar-refractivity contribution in [2.45, 2.75) is 30.7 Å². The van der Waals surface area contributed by atoms with Gasteiger partial charge in [0.25, 0.3) is 0 Å². The summed E-state index contributed by atoms with van der Waals surface area (Å²) in [6.45, 7) is 3.41. The van der Waals surface area contributed by atoms with E-state index in [2.05, 4.69) is 5.32 Å². The molecule has 2 aliphatic heterocycles. The van der Waals surface area contributed by atoms with Gasteiger partial charge in [-0.3, -0.25) is 4.79 Å². The van der Waals surface area contributed by atoms with Gasteiger partial charge < -0.3 is 10.1 Å². The number of sulfonamides is 2. The van der Waals surface area contributed by atoms with E-state index in [-0.39, 0.29) is 23.7 Å². The van der Waals surface area contributed by atoms with Crippen LogP contribution in [0.4, 0.5) is 0 Å². The SMILES string of the molecule is Cc1ccc(S(=O)(=O)N2CCC[C@H]2C(=O)NCCS(=O)(=O)N2CCOCC2)cc1. The van der Waals surface area contributed by atoms with Crippen molar-refractivity contribution in [3.63, 3.8) is 0 Å². The number of morpholine rings is 1. The number of amides is 1. The van der Waals surface area contributed by atoms with E-state index < -0.39 is 32.0 Å². The number of ether oxygens (including phenoxy) is 1. The lowest BCUT2D eigenvalue weighted by atomic mass is 10.2. The van der Waals surface area contributed by atoms with Crippen molar-refractivity contribution >= 4 is 26.0 Å². The highest BCUT2D eigenvalue weighted by molar-refractivity contribution is 7.89. The molecule has 162 valence electrons. The molecule has 0 bridgehead atoms. The number of nitrogens with one attached hydrogen (secondary N) is 1. The second-order valence-corrected chi connectivity index (χ2v) is 11.2. The lowest BCUT2D eigenvalue weighted by Crippen LogP contribution is -2.48. The van der Waals surface area contributed by atoms with E-state index in [9.17, 15) is 21.6 Å². The molecule has 2 heterocycles. The lowest BCUT2D eigenvalue weighted by molar-refractivity contribution is -0.124. The zero-order valence-electron chi connectivity index (χ0n) is 16.4. The molecule has 1 amide bonds. The number of carbonyl (C=O) groups is 1. The number of benzene rings is 1. The smallest absolute Gasteiger partial charge is 0.243 e. The van der Waals surface area contributed by atoms with E-state index in [1.165, 1.54) is 20.7 Å². The highest BCUT2D eigenvalue weighted by atomic mass is 32.2. The van der Waals surface area contributed by atoms with Crippen LogP contribution in [0.5, 0.6) is 0 Å². The Kier molecular flexibility index (Phi) is 6.94. The maximum atomic E-state index is 12.9. The Labute approximate surface area is 172 Å². The first-order valence-electron chi connectivity index (χ1n) is 9.63. The summed E-state index contributed by atoms with van der Waals surface area (Å²) in [6.07, 6.45) is 0.988. The predicted molar refractivity (Wildman–Crippen MR) is 107 cm³/mol. The summed E-state index contributed by atoms with van der Waals surface area (Å²) in [5.41, 5.74) is 0.946. The van der Waals surface area contributed by atoms with Gasteiger partial charge >= 0.3 is 0 Å². The molecule has 1 aromatic carbocycles. The number of nitrogens with zero attached hydrogens (tertiary/aromatic N) is 2. The molecule has 2 aliphatic rings. The summed E-state index contributed by atoms with van der Waals surface area (Å²) in [5.74, 6) is -0.689. The van der Waals surface area contributed by atoms with Crippen LogP contribution in [0.1, 0.15) is 18.4 Å². The van der Waals surface area contributed by atoms with Crippen LogP contribution in [0.15, 0.2) is 29.2 Å². The highest BCUT2D eigenvalue weighted by Gasteiger charge is 2.39. The molecule has 2 saturated heterocycles. The summed E-state index contributed by atoms with van der Waals surface area (Å²) in [6, 6.07) is 5.68. The maximum Gasteiger partial charge on any atom is 0.243 e. The number of aryl methyl sites for hydroxylation is 1. The van der Waals surface area contributed by atoms with Crippen molar-refractivity contribution in [3.05, 3.63) is 29.8 Å². The zero-order valence-corrected chi connectivity index (χ0v) is 18.0. The highest BCUT2D eigenvalue weighted by Crippen LogP contribution is 2.26. The molecule has 11 heteroatoms. The molecule has 1 N–H and O–H groups in total. The molecule has 3 rings (SSSR count). The summed E-state index contributed by atoms with van der Waals surface area (Å²) >= 11 is 0. The third-order valence-electron chi connectivity index (χ3n) is 5.16. The molecule has 29 heavy (non-hydrogen) atoms. The summed E-state index contributed by atoms with van der Waals surface area (Å²) < 4.78 is 58.3. The standard InChI is InChI=1S/C18H27N3O6S2/c1-15-4-6-16(7-5-15)29(25,26)21-9-2-3-17(21)18(22)19-8-14-28(23,24)20-10-12-27-13-11-20/h4-7,17H,2-3,8-14H2,1H3,(H,19,22)/t17-/m0/s1. The third kappa shape index (κ3) is 5.15. The van der Waals surface area contributed by atoms with Crippen LogP contribution in [0.25, 0.3) is 0 Å². The van der Waals surface area contributed by atoms with Crippen LogP contribution in [-0.2, 0) is 29.6 Å². The number of carbonyl (C=O) groups excluding carboxylic acids is 1. The fourth-order valence-electron chi connectivity index (χ4n) is 3.51. The second kappa shape index (κ2) is 9.09. The molecular weight excluding hydrogens is 418 g/mol. The van der Waals surface area contributed by atoms with Crippen molar-refractivity contribution in [1.82, 2.24) is 13.9 Å². The van der Waals surface area contributed by atoms with Crippen LogP contribution >= 0.6 is 0 Å². The van der Waals surface area contributed by atoms with Gasteiger partial charge in [0.05, 0.1) is 23.9 Å². The van der Waals surface area contributed by atoms with Gasteiger partial charge in [0, 0.05) is 26.2 Å². The maximum absolute atomic E-state index is 12.9. The van der Waals surface area contributed by atoms with Crippen molar-refractivity contribution < 1.29 is 26.4 Å². The van der Waals surface area contributed by atoms with Crippen LogP contribution in [0.3, 0.4) is 0 Å². The Balaban J connectivity index is 1.60. The summed E-state index contributed by atoms with van der Waals surface area (Å²) in [5, 5.41) is 2.60. The second-order valence-electron chi connectivity index (χ2n) is 7.21. The van der Waals surface area contributed by atoms with Crippen LogP contribution in [-0.4, -0.2) is 82.5 Å². The molecule has 0 spiro atoms. The lowest BCUT2D eigenvalue weighted by Gasteiger charge is -2.26. The molecule has 0 unspecified atom stereocenters. The average molecular weight is 446 g/mol. The minimum Gasteiger partial charge on any atom is -0.379 e. The van der Waals surface area contributed by atoms with Crippen molar-refractivity contribution in [3.8, 4) is 0 Å². The minimum absolute atomic E-state index is 0.0621. The van der Waals surface area contributed by atoms with E-state index in [1.54, 1.807) is 12.1 Å². The molecular formula is C18H27N3O6S2. The van der Waals surface area contributed by atoms with E-state index in [1.807, 2.05) is 6.92 Å². The van der Waals surface area contributed by atoms with Gasteiger partial charge in [-0.2, -0.15) is 8.61 Å². The molecule has 0 aromatic heterocycles. The molecule has 9 nitrogen and oxygen atoms in total. The Morgan fingerprint density at radius 2 is 1.76 bits per heavy atom. The Morgan fingerprint density at radius 3 is 2.41 bits per heavy atom. The van der Waals surface area contributed by atoms with Crippen molar-refractivity contribution in [2.75, 3.05) is 45.1 Å². The van der Waals surface area contributed by atoms with Gasteiger partial charge in [-0.15, -0.1) is 0 Å². The van der Waals surface area contributed by atoms with E-state index >= 15 is 0 Å². The fourth-order valence-corrected chi connectivity index (χ4v) is 6.49. The number of hydrogen-bond donors (Lipinski definition) is 1. The van der Waals surface area contributed by atoms with E-state index in [0.29, 0.717) is 39.1 Å². The fraction of sp³-hybridized carbons (Fsp3) is 0.611. The normalized spacial score (nSPS) is 21.9. The van der Waals surface area contributed by atoms with Gasteiger partial charge in [0.15, 0.2) is 0 Å². The van der Waals surface area contributed by atoms with Gasteiger partial charge in [0.1, 0.15) is 6.04 Å². The summed E-state index contributed by atoms with van der Waals surface area (Å²) in [4.78, 5) is 12.8. The van der Waals surface area contributed by atoms with Gasteiger partial charge in [-0.25, -0.2) is 16.8 Å².